The lowest BCUT2D eigenvalue weighted by molar-refractivity contribution is -0.124. The summed E-state index contributed by atoms with van der Waals surface area (Å²) in [6.45, 7) is 6.37. The SMILES string of the molecule is CCNC(=O)[C@H](CC)n1ccsc1=NC(=O)c1ccc(C)cc1. The molecule has 0 saturated carbocycles. The summed E-state index contributed by atoms with van der Waals surface area (Å²) in [5, 5.41) is 4.66. The van der Waals surface area contributed by atoms with E-state index in [2.05, 4.69) is 10.3 Å². The quantitative estimate of drug-likeness (QED) is 0.915. The summed E-state index contributed by atoms with van der Waals surface area (Å²) in [5.74, 6) is -0.357. The highest BCUT2D eigenvalue weighted by molar-refractivity contribution is 7.07. The molecule has 2 amide bonds. The Kier molecular flexibility index (Phi) is 5.87. The lowest BCUT2D eigenvalue weighted by atomic mass is 10.1. The summed E-state index contributed by atoms with van der Waals surface area (Å²) in [5.41, 5.74) is 1.64. The molecule has 2 rings (SSSR count). The number of carbonyl (C=O) groups is 2. The predicted octanol–water partition coefficient (Wildman–Crippen LogP) is 2.69. The standard InChI is InChI=1S/C17H21N3O2S/c1-4-14(16(22)18-5-2)20-10-11-23-17(20)19-15(21)13-8-6-12(3)7-9-13/h6-11,14H,4-5H2,1-3H3,(H,18,22)/t14-/m0/s1. The second-order valence-corrected chi connectivity index (χ2v) is 6.07. The number of hydrogen-bond donors (Lipinski definition) is 1. The Balaban J connectivity index is 2.34. The smallest absolute Gasteiger partial charge is 0.279 e. The Morgan fingerprint density at radius 2 is 1.96 bits per heavy atom. The van der Waals surface area contributed by atoms with Crippen LogP contribution in [0.4, 0.5) is 0 Å². The molecule has 0 fully saturated rings. The fourth-order valence-corrected chi connectivity index (χ4v) is 3.01. The van der Waals surface area contributed by atoms with Gasteiger partial charge < -0.3 is 9.88 Å². The van der Waals surface area contributed by atoms with Gasteiger partial charge in [-0.1, -0.05) is 24.6 Å². The van der Waals surface area contributed by atoms with Crippen molar-refractivity contribution >= 4 is 23.2 Å². The van der Waals surface area contributed by atoms with Gasteiger partial charge in [-0.05, 0) is 32.4 Å². The molecule has 0 saturated heterocycles. The second-order valence-electron chi connectivity index (χ2n) is 5.19. The topological polar surface area (TPSA) is 63.5 Å². The fourth-order valence-electron chi connectivity index (χ4n) is 2.25. The van der Waals surface area contributed by atoms with Gasteiger partial charge in [0.05, 0.1) is 0 Å². The average molecular weight is 331 g/mol. The Morgan fingerprint density at radius 3 is 2.57 bits per heavy atom. The van der Waals surface area contributed by atoms with Crippen molar-refractivity contribution in [2.75, 3.05) is 6.54 Å². The molecular weight excluding hydrogens is 310 g/mol. The molecule has 0 spiro atoms. The van der Waals surface area contributed by atoms with E-state index >= 15 is 0 Å². The van der Waals surface area contributed by atoms with Crippen LogP contribution in [0.1, 0.15) is 42.2 Å². The van der Waals surface area contributed by atoms with Gasteiger partial charge in [0.25, 0.3) is 5.91 Å². The van der Waals surface area contributed by atoms with Gasteiger partial charge in [-0.25, -0.2) is 0 Å². The molecule has 1 aromatic carbocycles. The van der Waals surface area contributed by atoms with E-state index in [4.69, 9.17) is 0 Å². The Labute approximate surface area is 139 Å². The van der Waals surface area contributed by atoms with Crippen molar-refractivity contribution in [2.45, 2.75) is 33.2 Å². The number of rotatable bonds is 5. The minimum atomic E-state index is -0.356. The van der Waals surface area contributed by atoms with Crippen LogP contribution in [0.25, 0.3) is 0 Å². The third kappa shape index (κ3) is 4.16. The number of hydrogen-bond acceptors (Lipinski definition) is 3. The number of nitrogens with one attached hydrogen (secondary N) is 1. The molecule has 1 N–H and O–H groups in total. The molecule has 23 heavy (non-hydrogen) atoms. The maximum atomic E-state index is 12.3. The summed E-state index contributed by atoms with van der Waals surface area (Å²) < 4.78 is 1.77. The zero-order valence-electron chi connectivity index (χ0n) is 13.6. The molecule has 0 aliphatic carbocycles. The summed E-state index contributed by atoms with van der Waals surface area (Å²) in [6.07, 6.45) is 2.43. The van der Waals surface area contributed by atoms with Crippen LogP contribution in [0.15, 0.2) is 40.8 Å². The van der Waals surface area contributed by atoms with Crippen molar-refractivity contribution in [2.24, 2.45) is 4.99 Å². The van der Waals surface area contributed by atoms with E-state index in [1.807, 2.05) is 38.3 Å². The third-order valence-corrected chi connectivity index (χ3v) is 4.26. The van der Waals surface area contributed by atoms with E-state index in [1.165, 1.54) is 11.3 Å². The van der Waals surface area contributed by atoms with Crippen LogP contribution in [-0.2, 0) is 4.79 Å². The number of amides is 2. The number of nitrogens with zero attached hydrogens (tertiary/aromatic N) is 2. The first-order valence-corrected chi connectivity index (χ1v) is 8.53. The molecule has 1 atom stereocenters. The van der Waals surface area contributed by atoms with Crippen molar-refractivity contribution in [1.29, 1.82) is 0 Å². The zero-order valence-corrected chi connectivity index (χ0v) is 14.4. The third-order valence-electron chi connectivity index (χ3n) is 3.49. The van der Waals surface area contributed by atoms with Crippen LogP contribution in [0.3, 0.4) is 0 Å². The maximum Gasteiger partial charge on any atom is 0.279 e. The molecule has 0 aliphatic heterocycles. The normalized spacial score (nSPS) is 12.9. The van der Waals surface area contributed by atoms with Gasteiger partial charge in [0, 0.05) is 23.7 Å². The van der Waals surface area contributed by atoms with Crippen molar-refractivity contribution in [1.82, 2.24) is 9.88 Å². The molecule has 0 aliphatic rings. The van der Waals surface area contributed by atoms with E-state index in [-0.39, 0.29) is 17.9 Å². The lowest BCUT2D eigenvalue weighted by Crippen LogP contribution is -2.35. The molecule has 2 aromatic rings. The highest BCUT2D eigenvalue weighted by Gasteiger charge is 2.18. The highest BCUT2D eigenvalue weighted by atomic mass is 32.1. The Hall–Kier alpha value is -2.21. The number of likely N-dealkylation sites (N-methyl/N-ethyl adjacent to an activating group) is 1. The maximum absolute atomic E-state index is 12.3. The van der Waals surface area contributed by atoms with Crippen molar-refractivity contribution in [3.63, 3.8) is 0 Å². The molecule has 5 nitrogen and oxygen atoms in total. The lowest BCUT2D eigenvalue weighted by Gasteiger charge is -2.15. The molecule has 0 unspecified atom stereocenters. The molecule has 1 aromatic heterocycles. The predicted molar refractivity (Wildman–Crippen MR) is 91.4 cm³/mol. The second kappa shape index (κ2) is 7.87. The van der Waals surface area contributed by atoms with Crippen LogP contribution in [0, 0.1) is 6.92 Å². The minimum absolute atomic E-state index is 0.0577. The van der Waals surface area contributed by atoms with Crippen LogP contribution in [0.5, 0.6) is 0 Å². The van der Waals surface area contributed by atoms with E-state index in [0.717, 1.165) is 5.56 Å². The Bertz CT molecular complexity index is 744. The van der Waals surface area contributed by atoms with Crippen LogP contribution in [0.2, 0.25) is 0 Å². The van der Waals surface area contributed by atoms with Crippen LogP contribution >= 0.6 is 11.3 Å². The number of aromatic nitrogens is 1. The Morgan fingerprint density at radius 1 is 1.26 bits per heavy atom. The van der Waals surface area contributed by atoms with Crippen LogP contribution < -0.4 is 10.1 Å². The van der Waals surface area contributed by atoms with Crippen molar-refractivity contribution < 1.29 is 9.59 Å². The monoisotopic (exact) mass is 331 g/mol. The van der Waals surface area contributed by atoms with Gasteiger partial charge in [0.2, 0.25) is 5.91 Å². The average Bonchev–Trinajstić information content (AvgIpc) is 2.97. The largest absolute Gasteiger partial charge is 0.355 e. The van der Waals surface area contributed by atoms with Crippen LogP contribution in [-0.4, -0.2) is 22.9 Å². The van der Waals surface area contributed by atoms with Gasteiger partial charge in [0.1, 0.15) is 6.04 Å². The molecule has 0 radical (unpaired) electrons. The highest BCUT2D eigenvalue weighted by Crippen LogP contribution is 2.11. The van der Waals surface area contributed by atoms with Crippen molar-refractivity contribution in [3.8, 4) is 0 Å². The molecule has 6 heteroatoms. The number of carbonyl (C=O) groups excluding carboxylic acids is 2. The van der Waals surface area contributed by atoms with E-state index in [1.54, 1.807) is 22.9 Å². The fraction of sp³-hybridized carbons (Fsp3) is 0.353. The molecular formula is C17H21N3O2S. The number of thiazole rings is 1. The molecule has 1 heterocycles. The molecule has 0 bridgehead atoms. The van der Waals surface area contributed by atoms with E-state index in [9.17, 15) is 9.59 Å². The van der Waals surface area contributed by atoms with Gasteiger partial charge in [0.15, 0.2) is 4.80 Å². The first-order valence-electron chi connectivity index (χ1n) is 7.65. The minimum Gasteiger partial charge on any atom is -0.355 e. The van der Waals surface area contributed by atoms with Gasteiger partial charge in [-0.15, -0.1) is 11.3 Å². The first-order chi connectivity index (χ1) is 11.1. The van der Waals surface area contributed by atoms with Gasteiger partial charge in [-0.3, -0.25) is 9.59 Å². The first kappa shape index (κ1) is 17.1. The van der Waals surface area contributed by atoms with Gasteiger partial charge in [-0.2, -0.15) is 4.99 Å². The van der Waals surface area contributed by atoms with Crippen molar-refractivity contribution in [3.05, 3.63) is 51.8 Å². The summed E-state index contributed by atoms with van der Waals surface area (Å²) in [7, 11) is 0. The summed E-state index contributed by atoms with van der Waals surface area (Å²) >= 11 is 1.35. The number of aryl methyl sites for hydroxylation is 1. The van der Waals surface area contributed by atoms with Gasteiger partial charge >= 0.3 is 0 Å². The number of benzene rings is 1. The zero-order chi connectivity index (χ0) is 16.8. The summed E-state index contributed by atoms with van der Waals surface area (Å²) in [4.78, 5) is 29.2. The molecule has 122 valence electrons. The van der Waals surface area contributed by atoms with E-state index in [0.29, 0.717) is 23.3 Å². The van der Waals surface area contributed by atoms with E-state index < -0.39 is 0 Å². The summed E-state index contributed by atoms with van der Waals surface area (Å²) in [6, 6.07) is 6.94.